The van der Waals surface area contributed by atoms with Crippen molar-refractivity contribution in [3.63, 3.8) is 0 Å². The van der Waals surface area contributed by atoms with Gasteiger partial charge in [-0.15, -0.1) is 12.8 Å². The van der Waals surface area contributed by atoms with Crippen molar-refractivity contribution in [3.05, 3.63) is 29.8 Å². The highest BCUT2D eigenvalue weighted by molar-refractivity contribution is 7.82. The highest BCUT2D eigenvalue weighted by Gasteiger charge is 2.12. The van der Waals surface area contributed by atoms with E-state index >= 15 is 0 Å². The van der Waals surface area contributed by atoms with Gasteiger partial charge in [-0.1, -0.05) is 24.0 Å². The molecule has 0 aliphatic carbocycles. The minimum absolute atomic E-state index is 0.0364. The highest BCUT2D eigenvalue weighted by atomic mass is 32.2. The monoisotopic (exact) mass is 247 g/mol. The largest absolute Gasteiger partial charge is 0.392 e. The maximum atomic E-state index is 12.1. The summed E-state index contributed by atoms with van der Waals surface area (Å²) in [5, 5.41) is 8.91. The quantitative estimate of drug-likeness (QED) is 0.781. The molecule has 1 N–H and O–H groups in total. The van der Waals surface area contributed by atoms with Crippen molar-refractivity contribution >= 4 is 11.0 Å². The zero-order valence-corrected chi connectivity index (χ0v) is 10.1. The molecule has 0 aliphatic rings. The molecule has 1 rings (SSSR count). The molecule has 1 aromatic carbocycles. The summed E-state index contributed by atoms with van der Waals surface area (Å²) in [6.45, 7) is 0.433. The van der Waals surface area contributed by atoms with Crippen molar-refractivity contribution in [1.29, 1.82) is 0 Å². The molecule has 3 nitrogen and oxygen atoms in total. The van der Waals surface area contributed by atoms with Crippen molar-refractivity contribution in [3.8, 4) is 24.7 Å². The van der Waals surface area contributed by atoms with E-state index in [9.17, 15) is 4.21 Å². The number of benzene rings is 1. The first kappa shape index (κ1) is 13.5. The standard InChI is InChI=1S/C13H13NO2S/c1-3-9-14(10-4-2)17(16)13-7-5-12(11-15)6-8-13/h1-2,5-8,15H,9-11H2. The normalized spacial score (nSPS) is 11.8. The Morgan fingerprint density at radius 2 is 1.71 bits per heavy atom. The van der Waals surface area contributed by atoms with E-state index in [-0.39, 0.29) is 19.7 Å². The fraction of sp³-hybridized carbons (Fsp3) is 0.231. The number of nitrogens with zero attached hydrogens (tertiary/aromatic N) is 1. The molecule has 17 heavy (non-hydrogen) atoms. The Labute approximate surface area is 104 Å². The number of hydrogen-bond acceptors (Lipinski definition) is 2. The topological polar surface area (TPSA) is 40.5 Å². The van der Waals surface area contributed by atoms with Gasteiger partial charge in [-0.2, -0.15) is 4.31 Å². The molecule has 0 fully saturated rings. The zero-order valence-electron chi connectivity index (χ0n) is 9.30. The maximum Gasteiger partial charge on any atom is 0.129 e. The van der Waals surface area contributed by atoms with E-state index in [1.54, 1.807) is 24.3 Å². The second-order valence-corrected chi connectivity index (χ2v) is 4.74. The van der Waals surface area contributed by atoms with Gasteiger partial charge < -0.3 is 5.11 Å². The van der Waals surface area contributed by atoms with Gasteiger partial charge in [-0.3, -0.25) is 0 Å². The van der Waals surface area contributed by atoms with Gasteiger partial charge in [0, 0.05) is 0 Å². The molecule has 0 saturated heterocycles. The lowest BCUT2D eigenvalue weighted by Gasteiger charge is -2.15. The molecule has 0 aliphatic heterocycles. The second kappa shape index (κ2) is 6.88. The van der Waals surface area contributed by atoms with Crippen LogP contribution in [0.25, 0.3) is 0 Å². The van der Waals surface area contributed by atoms with Gasteiger partial charge in [0.2, 0.25) is 0 Å². The van der Waals surface area contributed by atoms with Crippen LogP contribution in [0.3, 0.4) is 0 Å². The van der Waals surface area contributed by atoms with E-state index in [2.05, 4.69) is 11.8 Å². The van der Waals surface area contributed by atoms with Crippen LogP contribution < -0.4 is 0 Å². The average molecular weight is 247 g/mol. The minimum atomic E-state index is -1.36. The third-order valence-corrected chi connectivity index (χ3v) is 3.48. The minimum Gasteiger partial charge on any atom is -0.392 e. The number of aliphatic hydroxyl groups is 1. The third-order valence-electron chi connectivity index (χ3n) is 2.08. The van der Waals surface area contributed by atoms with Crippen molar-refractivity contribution < 1.29 is 9.32 Å². The molecule has 0 radical (unpaired) electrons. The third kappa shape index (κ3) is 3.72. The van der Waals surface area contributed by atoms with Crippen LogP contribution in [0.15, 0.2) is 29.2 Å². The molecule has 88 valence electrons. The maximum absolute atomic E-state index is 12.1. The number of rotatable bonds is 5. The Bertz CT molecular complexity index is 452. The van der Waals surface area contributed by atoms with Gasteiger partial charge in [0.1, 0.15) is 11.0 Å². The summed E-state index contributed by atoms with van der Waals surface area (Å²) in [6.07, 6.45) is 10.4. The summed E-state index contributed by atoms with van der Waals surface area (Å²) in [5.41, 5.74) is 0.770. The zero-order chi connectivity index (χ0) is 12.7. The Morgan fingerprint density at radius 3 is 2.12 bits per heavy atom. The van der Waals surface area contributed by atoms with E-state index in [0.717, 1.165) is 5.56 Å². The summed E-state index contributed by atoms with van der Waals surface area (Å²) >= 11 is 0. The second-order valence-electron chi connectivity index (χ2n) is 3.26. The lowest BCUT2D eigenvalue weighted by Crippen LogP contribution is -2.26. The summed E-state index contributed by atoms with van der Waals surface area (Å²) in [7, 11) is -1.36. The van der Waals surface area contributed by atoms with Crippen molar-refractivity contribution in [2.45, 2.75) is 11.5 Å². The van der Waals surface area contributed by atoms with E-state index < -0.39 is 11.0 Å². The van der Waals surface area contributed by atoms with Crippen LogP contribution in [0.1, 0.15) is 5.56 Å². The predicted octanol–water partition coefficient (Wildman–Crippen LogP) is 0.770. The van der Waals surface area contributed by atoms with Gasteiger partial charge in [-0.25, -0.2) is 4.21 Å². The van der Waals surface area contributed by atoms with Crippen LogP contribution in [0.5, 0.6) is 0 Å². The molecule has 1 atom stereocenters. The van der Waals surface area contributed by atoms with E-state index in [0.29, 0.717) is 4.90 Å². The smallest absolute Gasteiger partial charge is 0.129 e. The fourth-order valence-electron chi connectivity index (χ4n) is 1.24. The lowest BCUT2D eigenvalue weighted by atomic mass is 10.2. The first-order valence-corrected chi connectivity index (χ1v) is 6.07. The van der Waals surface area contributed by atoms with Crippen molar-refractivity contribution in [1.82, 2.24) is 4.31 Å². The molecular weight excluding hydrogens is 234 g/mol. The molecule has 0 heterocycles. The van der Waals surface area contributed by atoms with Gasteiger partial charge >= 0.3 is 0 Å². The average Bonchev–Trinajstić information content (AvgIpc) is 2.38. The summed E-state index contributed by atoms with van der Waals surface area (Å²) in [6, 6.07) is 6.83. The Hall–Kier alpha value is -1.59. The Kier molecular flexibility index (Phi) is 5.45. The number of aliphatic hydroxyl groups excluding tert-OH is 1. The van der Waals surface area contributed by atoms with Crippen molar-refractivity contribution in [2.24, 2.45) is 0 Å². The van der Waals surface area contributed by atoms with E-state index in [4.69, 9.17) is 18.0 Å². The molecule has 0 aromatic heterocycles. The van der Waals surface area contributed by atoms with E-state index in [1.165, 1.54) is 4.31 Å². The summed E-state index contributed by atoms with van der Waals surface area (Å²) in [4.78, 5) is 0.618. The first-order chi connectivity index (χ1) is 8.22. The summed E-state index contributed by atoms with van der Waals surface area (Å²) in [5.74, 6) is 4.85. The fourth-order valence-corrected chi connectivity index (χ4v) is 2.29. The van der Waals surface area contributed by atoms with E-state index in [1.807, 2.05) is 0 Å². The van der Waals surface area contributed by atoms with Crippen LogP contribution in [-0.2, 0) is 17.6 Å². The van der Waals surface area contributed by atoms with Crippen LogP contribution in [0.2, 0.25) is 0 Å². The first-order valence-electron chi connectivity index (χ1n) is 4.96. The lowest BCUT2D eigenvalue weighted by molar-refractivity contribution is 0.282. The number of hydrogen-bond donors (Lipinski definition) is 1. The highest BCUT2D eigenvalue weighted by Crippen LogP contribution is 2.12. The van der Waals surface area contributed by atoms with Crippen LogP contribution in [-0.4, -0.2) is 26.7 Å². The molecule has 0 bridgehead atoms. The van der Waals surface area contributed by atoms with Crippen LogP contribution in [0.4, 0.5) is 0 Å². The molecule has 1 unspecified atom stereocenters. The summed E-state index contributed by atoms with van der Waals surface area (Å²) < 4.78 is 13.6. The van der Waals surface area contributed by atoms with Crippen LogP contribution >= 0.6 is 0 Å². The predicted molar refractivity (Wildman–Crippen MR) is 68.0 cm³/mol. The van der Waals surface area contributed by atoms with Gasteiger partial charge in [0.15, 0.2) is 0 Å². The molecular formula is C13H13NO2S. The Balaban J connectivity index is 2.86. The van der Waals surface area contributed by atoms with Gasteiger partial charge in [0.25, 0.3) is 0 Å². The Morgan fingerprint density at radius 1 is 1.18 bits per heavy atom. The van der Waals surface area contributed by atoms with Crippen molar-refractivity contribution in [2.75, 3.05) is 13.1 Å². The SMILES string of the molecule is C#CCN(CC#C)S(=O)c1ccc(CO)cc1. The van der Waals surface area contributed by atoms with Gasteiger partial charge in [0.05, 0.1) is 24.6 Å². The molecule has 0 saturated carbocycles. The van der Waals surface area contributed by atoms with Gasteiger partial charge in [-0.05, 0) is 17.7 Å². The van der Waals surface area contributed by atoms with Crippen LogP contribution in [0, 0.1) is 24.7 Å². The number of terminal acetylenes is 2. The molecule has 0 amide bonds. The molecule has 4 heteroatoms. The molecule has 1 aromatic rings. The molecule has 0 spiro atoms.